The molecular formula is C14H18FN3O2. The Hall–Kier alpha value is -2.00. The topological polar surface area (TPSA) is 71.5 Å². The molecule has 0 spiro atoms. The van der Waals surface area contributed by atoms with E-state index < -0.39 is 11.9 Å². The van der Waals surface area contributed by atoms with E-state index in [1.54, 1.807) is 6.07 Å². The van der Waals surface area contributed by atoms with Gasteiger partial charge in [0, 0.05) is 18.7 Å². The summed E-state index contributed by atoms with van der Waals surface area (Å²) in [6.07, 6.45) is 0.306. The maximum Gasteiger partial charge on any atom is 0.167 e. The highest BCUT2D eigenvalue weighted by Crippen LogP contribution is 2.32. The van der Waals surface area contributed by atoms with Crippen LogP contribution in [0.15, 0.2) is 12.1 Å². The molecular weight excluding hydrogens is 261 g/mol. The van der Waals surface area contributed by atoms with E-state index in [0.717, 1.165) is 6.42 Å². The summed E-state index contributed by atoms with van der Waals surface area (Å²) >= 11 is 0. The van der Waals surface area contributed by atoms with Gasteiger partial charge in [0.05, 0.1) is 37.2 Å². The molecule has 1 aromatic carbocycles. The van der Waals surface area contributed by atoms with E-state index in [1.807, 2.05) is 11.8 Å². The van der Waals surface area contributed by atoms with Crippen LogP contribution in [-0.4, -0.2) is 32.4 Å². The molecule has 1 aliphatic rings. The number of nitrogen functional groups attached to an aromatic ring is 1. The molecule has 0 saturated carbocycles. The van der Waals surface area contributed by atoms with Gasteiger partial charge >= 0.3 is 0 Å². The Morgan fingerprint density at radius 1 is 1.60 bits per heavy atom. The van der Waals surface area contributed by atoms with Gasteiger partial charge in [-0.2, -0.15) is 5.26 Å². The third kappa shape index (κ3) is 3.11. The molecule has 1 heterocycles. The molecule has 1 aliphatic heterocycles. The Morgan fingerprint density at radius 2 is 2.40 bits per heavy atom. The number of nitriles is 1. The van der Waals surface area contributed by atoms with Gasteiger partial charge in [-0.25, -0.2) is 4.39 Å². The summed E-state index contributed by atoms with van der Waals surface area (Å²) < 4.78 is 24.4. The van der Waals surface area contributed by atoms with Crippen molar-refractivity contribution in [2.24, 2.45) is 0 Å². The van der Waals surface area contributed by atoms with Crippen LogP contribution in [0.4, 0.5) is 15.8 Å². The van der Waals surface area contributed by atoms with Gasteiger partial charge < -0.3 is 20.1 Å². The van der Waals surface area contributed by atoms with Gasteiger partial charge in [-0.15, -0.1) is 0 Å². The van der Waals surface area contributed by atoms with Crippen molar-refractivity contribution in [1.29, 1.82) is 5.26 Å². The molecule has 2 rings (SSSR count). The second kappa shape index (κ2) is 6.44. The Labute approximate surface area is 117 Å². The fraction of sp³-hybridized carbons (Fsp3) is 0.500. The maximum absolute atomic E-state index is 13.8. The second-order valence-corrected chi connectivity index (χ2v) is 4.62. The molecule has 5 nitrogen and oxygen atoms in total. The van der Waals surface area contributed by atoms with E-state index in [1.165, 1.54) is 6.07 Å². The SMILES string of the molecule is CCCOc1cc(N2CCOC(C#N)C2)c(N)cc1F. The lowest BCUT2D eigenvalue weighted by atomic mass is 10.2. The van der Waals surface area contributed by atoms with Crippen LogP contribution in [0.5, 0.6) is 5.75 Å². The number of nitrogens with zero attached hydrogens (tertiary/aromatic N) is 2. The second-order valence-electron chi connectivity index (χ2n) is 4.62. The number of morpholine rings is 1. The van der Waals surface area contributed by atoms with Crippen molar-refractivity contribution >= 4 is 11.4 Å². The van der Waals surface area contributed by atoms with Crippen molar-refractivity contribution in [3.05, 3.63) is 17.9 Å². The number of anilines is 2. The van der Waals surface area contributed by atoms with E-state index in [-0.39, 0.29) is 5.75 Å². The first-order valence-corrected chi connectivity index (χ1v) is 6.63. The van der Waals surface area contributed by atoms with Crippen LogP contribution in [0.2, 0.25) is 0 Å². The van der Waals surface area contributed by atoms with Crippen LogP contribution in [0, 0.1) is 17.1 Å². The van der Waals surface area contributed by atoms with Crippen LogP contribution >= 0.6 is 0 Å². The molecule has 1 aromatic rings. The zero-order chi connectivity index (χ0) is 14.5. The standard InChI is InChI=1S/C14H18FN3O2/c1-2-4-20-14-7-13(12(17)6-11(14)15)18-3-5-19-10(8-16)9-18/h6-7,10H,2-5,9,17H2,1H3. The zero-order valence-corrected chi connectivity index (χ0v) is 11.4. The predicted molar refractivity (Wildman–Crippen MR) is 74.2 cm³/mol. The third-order valence-electron chi connectivity index (χ3n) is 3.09. The lowest BCUT2D eigenvalue weighted by Crippen LogP contribution is -2.42. The molecule has 0 aliphatic carbocycles. The molecule has 0 aromatic heterocycles. The van der Waals surface area contributed by atoms with Crippen LogP contribution in [-0.2, 0) is 4.74 Å². The van der Waals surface area contributed by atoms with Gasteiger partial charge in [0.2, 0.25) is 0 Å². The number of halogens is 1. The largest absolute Gasteiger partial charge is 0.490 e. The third-order valence-corrected chi connectivity index (χ3v) is 3.09. The summed E-state index contributed by atoms with van der Waals surface area (Å²) in [5.74, 6) is -0.277. The molecule has 20 heavy (non-hydrogen) atoms. The van der Waals surface area contributed by atoms with E-state index in [0.29, 0.717) is 37.7 Å². The highest BCUT2D eigenvalue weighted by atomic mass is 19.1. The summed E-state index contributed by atoms with van der Waals surface area (Å²) in [5.41, 5.74) is 6.90. The molecule has 0 amide bonds. The van der Waals surface area contributed by atoms with Crippen molar-refractivity contribution in [2.45, 2.75) is 19.4 Å². The first-order chi connectivity index (χ1) is 9.65. The van der Waals surface area contributed by atoms with Gasteiger partial charge in [0.25, 0.3) is 0 Å². The molecule has 0 radical (unpaired) electrons. The highest BCUT2D eigenvalue weighted by Gasteiger charge is 2.23. The Morgan fingerprint density at radius 3 is 3.10 bits per heavy atom. The van der Waals surface area contributed by atoms with Gasteiger partial charge in [0.15, 0.2) is 17.7 Å². The molecule has 108 valence electrons. The molecule has 1 atom stereocenters. The van der Waals surface area contributed by atoms with Crippen LogP contribution in [0.3, 0.4) is 0 Å². The first kappa shape index (κ1) is 14.4. The van der Waals surface area contributed by atoms with Gasteiger partial charge in [0.1, 0.15) is 0 Å². The van der Waals surface area contributed by atoms with E-state index in [9.17, 15) is 4.39 Å². The normalized spacial score (nSPS) is 18.6. The van der Waals surface area contributed by atoms with Crippen molar-refractivity contribution in [2.75, 3.05) is 36.9 Å². The van der Waals surface area contributed by atoms with Gasteiger partial charge in [-0.3, -0.25) is 0 Å². The molecule has 1 unspecified atom stereocenters. The predicted octanol–water partition coefficient (Wildman–Crippen LogP) is 1.93. The smallest absolute Gasteiger partial charge is 0.167 e. The molecule has 6 heteroatoms. The van der Waals surface area contributed by atoms with Crippen LogP contribution in [0.1, 0.15) is 13.3 Å². The lowest BCUT2D eigenvalue weighted by Gasteiger charge is -2.32. The number of benzene rings is 1. The van der Waals surface area contributed by atoms with Crippen molar-refractivity contribution in [3.8, 4) is 11.8 Å². The minimum absolute atomic E-state index is 0.191. The number of rotatable bonds is 4. The zero-order valence-electron chi connectivity index (χ0n) is 11.4. The maximum atomic E-state index is 13.8. The summed E-state index contributed by atoms with van der Waals surface area (Å²) in [6.45, 7) is 3.88. The average Bonchev–Trinajstić information content (AvgIpc) is 2.46. The minimum Gasteiger partial charge on any atom is -0.490 e. The van der Waals surface area contributed by atoms with E-state index in [4.69, 9.17) is 20.5 Å². The highest BCUT2D eigenvalue weighted by molar-refractivity contribution is 5.70. The van der Waals surface area contributed by atoms with E-state index >= 15 is 0 Å². The fourth-order valence-electron chi connectivity index (χ4n) is 2.10. The number of hydrogen-bond donors (Lipinski definition) is 1. The van der Waals surface area contributed by atoms with Crippen molar-refractivity contribution in [3.63, 3.8) is 0 Å². The molecule has 1 saturated heterocycles. The quantitative estimate of drug-likeness (QED) is 0.853. The Bertz CT molecular complexity index is 516. The number of ether oxygens (including phenoxy) is 2. The minimum atomic E-state index is -0.492. The van der Waals surface area contributed by atoms with Gasteiger partial charge in [-0.05, 0) is 6.42 Å². The van der Waals surface area contributed by atoms with Crippen molar-refractivity contribution in [1.82, 2.24) is 0 Å². The average molecular weight is 279 g/mol. The number of nitrogens with two attached hydrogens (primary N) is 1. The Kier molecular flexibility index (Phi) is 4.64. The molecule has 2 N–H and O–H groups in total. The van der Waals surface area contributed by atoms with Crippen molar-refractivity contribution < 1.29 is 13.9 Å². The Balaban J connectivity index is 2.24. The molecule has 0 bridgehead atoms. The summed E-state index contributed by atoms with van der Waals surface area (Å²) in [6, 6.07) is 4.93. The lowest BCUT2D eigenvalue weighted by molar-refractivity contribution is 0.0765. The molecule has 1 fully saturated rings. The first-order valence-electron chi connectivity index (χ1n) is 6.63. The summed E-state index contributed by atoms with van der Waals surface area (Å²) in [7, 11) is 0. The van der Waals surface area contributed by atoms with Gasteiger partial charge in [-0.1, -0.05) is 6.92 Å². The fourth-order valence-corrected chi connectivity index (χ4v) is 2.10. The van der Waals surface area contributed by atoms with Crippen LogP contribution < -0.4 is 15.4 Å². The van der Waals surface area contributed by atoms with Crippen LogP contribution in [0.25, 0.3) is 0 Å². The summed E-state index contributed by atoms with van der Waals surface area (Å²) in [5, 5.41) is 8.92. The number of hydrogen-bond acceptors (Lipinski definition) is 5. The summed E-state index contributed by atoms with van der Waals surface area (Å²) in [4.78, 5) is 1.92. The van der Waals surface area contributed by atoms with E-state index in [2.05, 4.69) is 6.07 Å². The monoisotopic (exact) mass is 279 g/mol.